The monoisotopic (exact) mass is 400 g/mol. The zero-order valence-electron chi connectivity index (χ0n) is 14.6. The molecule has 0 unspecified atom stereocenters. The predicted molar refractivity (Wildman–Crippen MR) is 102 cm³/mol. The number of Topliss-reactive ketones (excluding diaryl/α,β-unsaturated/α-hetero) is 1. The van der Waals surface area contributed by atoms with Gasteiger partial charge in [0.05, 0.1) is 0 Å². The Balaban J connectivity index is 2.26. The van der Waals surface area contributed by atoms with E-state index in [0.717, 1.165) is 22.3 Å². The second-order valence-electron chi connectivity index (χ2n) is 6.96. The average Bonchev–Trinajstić information content (AvgIpc) is 2.56. The summed E-state index contributed by atoms with van der Waals surface area (Å²) >= 11 is 3.69. The molecule has 0 amide bonds. The van der Waals surface area contributed by atoms with Gasteiger partial charge in [-0.15, -0.1) is 0 Å². The van der Waals surface area contributed by atoms with Crippen LogP contribution >= 0.6 is 15.9 Å². The van der Waals surface area contributed by atoms with Crippen molar-refractivity contribution >= 4 is 27.5 Å². The molecule has 3 rings (SSSR count). The first-order valence-corrected chi connectivity index (χ1v) is 9.09. The van der Waals surface area contributed by atoms with Gasteiger partial charge in [-0.05, 0) is 61.1 Å². The minimum absolute atomic E-state index is 0.00746. The van der Waals surface area contributed by atoms with Gasteiger partial charge in [-0.2, -0.15) is 0 Å². The highest BCUT2D eigenvalue weighted by Crippen LogP contribution is 2.54. The van der Waals surface area contributed by atoms with E-state index in [9.17, 15) is 14.7 Å². The first-order chi connectivity index (χ1) is 11.7. The fourth-order valence-corrected chi connectivity index (χ4v) is 5.08. The molecule has 0 heterocycles. The number of hydrogen-bond donors (Lipinski definition) is 1. The number of fused-ring (bicyclic) bond motifs is 1. The molecule has 3 nitrogen and oxygen atoms in total. The van der Waals surface area contributed by atoms with Gasteiger partial charge in [0.15, 0.2) is 11.6 Å². The summed E-state index contributed by atoms with van der Waals surface area (Å²) < 4.78 is -1.02. The molecular weight excluding hydrogens is 380 g/mol. The first kappa shape index (κ1) is 17.9. The topological polar surface area (TPSA) is 54.4 Å². The highest BCUT2D eigenvalue weighted by Gasteiger charge is 2.56. The second-order valence-corrected chi connectivity index (χ2v) is 8.27. The molecule has 0 saturated heterocycles. The Morgan fingerprint density at radius 3 is 2.40 bits per heavy atom. The van der Waals surface area contributed by atoms with Crippen molar-refractivity contribution in [3.63, 3.8) is 0 Å². The number of phenolic OH excluding ortho intramolecular Hbond substituents is 1. The summed E-state index contributed by atoms with van der Waals surface area (Å²) in [4.78, 5) is 25.7. The summed E-state index contributed by atoms with van der Waals surface area (Å²) in [7, 11) is 0. The van der Waals surface area contributed by atoms with Gasteiger partial charge in [-0.25, -0.2) is 0 Å². The predicted octanol–water partition coefficient (Wildman–Crippen LogP) is 4.46. The Morgan fingerprint density at radius 2 is 1.84 bits per heavy atom. The normalized spacial score (nSPS) is 29.0. The van der Waals surface area contributed by atoms with E-state index in [-0.39, 0.29) is 23.2 Å². The number of aromatic hydroxyl groups is 1. The molecule has 2 aliphatic carbocycles. The van der Waals surface area contributed by atoms with Crippen molar-refractivity contribution in [2.24, 2.45) is 5.92 Å². The highest BCUT2D eigenvalue weighted by molar-refractivity contribution is 9.10. The number of aryl methyl sites for hydroxylation is 2. The van der Waals surface area contributed by atoms with Crippen LogP contribution in [0.5, 0.6) is 5.75 Å². The van der Waals surface area contributed by atoms with Crippen LogP contribution in [0.3, 0.4) is 0 Å². The van der Waals surface area contributed by atoms with E-state index in [0.29, 0.717) is 12.0 Å². The summed E-state index contributed by atoms with van der Waals surface area (Å²) in [6.45, 7) is 9.27. The zero-order chi connectivity index (χ0) is 18.5. The summed E-state index contributed by atoms with van der Waals surface area (Å²) in [6.07, 6.45) is 5.72. The SMILES string of the molecule is C=CC1=CC[C@H]2C(=O)C(C)=CC(=O)[C@@]2(Br)[C@H]1c1cc(C)c(O)c(C)c1. The number of allylic oxidation sites excluding steroid dienone is 5. The van der Waals surface area contributed by atoms with Gasteiger partial charge in [0.25, 0.3) is 0 Å². The number of carbonyl (C=O) groups is 2. The molecule has 1 N–H and O–H groups in total. The summed E-state index contributed by atoms with van der Waals surface area (Å²) in [6, 6.07) is 3.78. The minimum atomic E-state index is -1.02. The molecule has 0 fully saturated rings. The van der Waals surface area contributed by atoms with Crippen LogP contribution in [0.25, 0.3) is 0 Å². The number of rotatable bonds is 2. The lowest BCUT2D eigenvalue weighted by molar-refractivity contribution is -0.128. The maximum atomic E-state index is 13.0. The van der Waals surface area contributed by atoms with Crippen molar-refractivity contribution in [2.75, 3.05) is 0 Å². The smallest absolute Gasteiger partial charge is 0.174 e. The third kappa shape index (κ3) is 2.54. The zero-order valence-corrected chi connectivity index (χ0v) is 16.2. The largest absolute Gasteiger partial charge is 0.507 e. The van der Waals surface area contributed by atoms with E-state index in [4.69, 9.17) is 0 Å². The lowest BCUT2D eigenvalue weighted by atomic mass is 9.62. The lowest BCUT2D eigenvalue weighted by Gasteiger charge is -2.45. The molecule has 3 atom stereocenters. The molecule has 0 bridgehead atoms. The van der Waals surface area contributed by atoms with E-state index >= 15 is 0 Å². The molecule has 0 aliphatic heterocycles. The molecule has 0 aromatic heterocycles. The van der Waals surface area contributed by atoms with Gasteiger partial charge in [-0.1, -0.05) is 46.8 Å². The van der Waals surface area contributed by atoms with Crippen LogP contribution in [-0.4, -0.2) is 21.0 Å². The van der Waals surface area contributed by atoms with Crippen molar-refractivity contribution in [1.82, 2.24) is 0 Å². The fraction of sp³-hybridized carbons (Fsp3) is 0.333. The van der Waals surface area contributed by atoms with Crippen molar-refractivity contribution < 1.29 is 14.7 Å². The van der Waals surface area contributed by atoms with E-state index in [1.165, 1.54) is 6.08 Å². The summed E-state index contributed by atoms with van der Waals surface area (Å²) in [5, 5.41) is 10.1. The third-order valence-corrected chi connectivity index (χ3v) is 6.76. The number of carbonyl (C=O) groups excluding carboxylic acids is 2. The number of hydrogen-bond acceptors (Lipinski definition) is 3. The highest BCUT2D eigenvalue weighted by atomic mass is 79.9. The molecule has 25 heavy (non-hydrogen) atoms. The number of benzene rings is 1. The summed E-state index contributed by atoms with van der Waals surface area (Å²) in [5.41, 5.74) is 3.83. The Kier molecular flexibility index (Phi) is 4.36. The van der Waals surface area contributed by atoms with Gasteiger partial charge in [0, 0.05) is 11.8 Å². The lowest BCUT2D eigenvalue weighted by Crippen LogP contribution is -2.52. The van der Waals surface area contributed by atoms with Crippen LogP contribution in [0.2, 0.25) is 0 Å². The Hall–Kier alpha value is -1.94. The van der Waals surface area contributed by atoms with Crippen molar-refractivity contribution in [2.45, 2.75) is 37.4 Å². The molecule has 0 radical (unpaired) electrons. The van der Waals surface area contributed by atoms with Crippen LogP contribution in [0, 0.1) is 19.8 Å². The molecule has 130 valence electrons. The standard InChI is InChI=1S/C21H21BrO3/c1-5-14-6-7-16-20(25)13(4)10-17(23)21(16,22)18(14)15-8-11(2)19(24)12(3)9-15/h5-6,8-10,16,18,24H,1,7H2,2-4H3/t16-,18+,21+/m0/s1. The molecule has 1 aromatic rings. The van der Waals surface area contributed by atoms with Crippen LogP contribution < -0.4 is 0 Å². The molecular formula is C21H21BrO3. The van der Waals surface area contributed by atoms with Crippen molar-refractivity contribution in [1.29, 1.82) is 0 Å². The number of alkyl halides is 1. The second kappa shape index (κ2) is 6.10. The molecule has 1 aromatic carbocycles. The van der Waals surface area contributed by atoms with Crippen LogP contribution in [0.1, 0.15) is 36.0 Å². The maximum Gasteiger partial charge on any atom is 0.174 e. The van der Waals surface area contributed by atoms with Gasteiger partial charge in [0.1, 0.15) is 10.1 Å². The van der Waals surface area contributed by atoms with Crippen molar-refractivity contribution in [3.05, 3.63) is 64.8 Å². The molecule has 0 saturated carbocycles. The minimum Gasteiger partial charge on any atom is -0.507 e. The number of phenols is 1. The summed E-state index contributed by atoms with van der Waals surface area (Å²) in [5.74, 6) is -0.593. The third-order valence-electron chi connectivity index (χ3n) is 5.36. The number of halogens is 1. The average molecular weight is 401 g/mol. The Morgan fingerprint density at radius 1 is 1.24 bits per heavy atom. The van der Waals surface area contributed by atoms with Gasteiger partial charge in [-0.3, -0.25) is 9.59 Å². The Bertz CT molecular complexity index is 839. The molecule has 2 aliphatic rings. The van der Waals surface area contributed by atoms with E-state index in [1.54, 1.807) is 13.0 Å². The molecule has 4 heteroatoms. The van der Waals surface area contributed by atoms with Crippen LogP contribution in [0.15, 0.2) is 48.1 Å². The van der Waals surface area contributed by atoms with Gasteiger partial charge < -0.3 is 5.11 Å². The van der Waals surface area contributed by atoms with Crippen molar-refractivity contribution in [3.8, 4) is 5.75 Å². The van der Waals surface area contributed by atoms with E-state index in [2.05, 4.69) is 22.5 Å². The molecule has 0 spiro atoms. The van der Waals surface area contributed by atoms with Gasteiger partial charge >= 0.3 is 0 Å². The van der Waals surface area contributed by atoms with Gasteiger partial charge in [0.2, 0.25) is 0 Å². The first-order valence-electron chi connectivity index (χ1n) is 8.30. The maximum absolute atomic E-state index is 13.0. The Labute approximate surface area is 156 Å². The quantitative estimate of drug-likeness (QED) is 0.745. The number of ketones is 2. The van der Waals surface area contributed by atoms with Crippen LogP contribution in [-0.2, 0) is 9.59 Å². The van der Waals surface area contributed by atoms with E-state index < -0.39 is 10.2 Å². The van der Waals surface area contributed by atoms with Crippen LogP contribution in [0.4, 0.5) is 0 Å². The van der Waals surface area contributed by atoms with E-state index in [1.807, 2.05) is 32.1 Å². The fourth-order valence-electron chi connectivity index (χ4n) is 4.04.